The molecule has 2 atom stereocenters. The molecule has 1 amide bonds. The highest BCUT2D eigenvalue weighted by Gasteiger charge is 2.26. The summed E-state index contributed by atoms with van der Waals surface area (Å²) in [6.45, 7) is 6.06. The van der Waals surface area contributed by atoms with Crippen molar-refractivity contribution < 1.29 is 4.79 Å². The predicted molar refractivity (Wildman–Crippen MR) is 86.4 cm³/mol. The number of anilines is 2. The first-order chi connectivity index (χ1) is 10.1. The third kappa shape index (κ3) is 4.17. The highest BCUT2D eigenvalue weighted by molar-refractivity contribution is 5.90. The van der Waals surface area contributed by atoms with Gasteiger partial charge in [0.05, 0.1) is 11.9 Å². The number of aromatic nitrogens is 1. The lowest BCUT2D eigenvalue weighted by Crippen LogP contribution is -2.28. The maximum Gasteiger partial charge on any atom is 0.224 e. The number of carbonyl (C=O) groups is 1. The molecule has 1 aliphatic rings. The van der Waals surface area contributed by atoms with Gasteiger partial charge in [-0.15, -0.1) is 0 Å². The van der Waals surface area contributed by atoms with Gasteiger partial charge in [-0.2, -0.15) is 0 Å². The van der Waals surface area contributed by atoms with Gasteiger partial charge in [0.1, 0.15) is 5.82 Å². The van der Waals surface area contributed by atoms with E-state index in [1.807, 2.05) is 12.1 Å². The van der Waals surface area contributed by atoms with Crippen LogP contribution in [0, 0.1) is 5.92 Å². The molecule has 0 bridgehead atoms. The Kier molecular flexibility index (Phi) is 5.56. The van der Waals surface area contributed by atoms with Crippen LogP contribution in [0.4, 0.5) is 11.5 Å². The van der Waals surface area contributed by atoms with Crippen LogP contribution < -0.4 is 16.0 Å². The second-order valence-corrected chi connectivity index (χ2v) is 5.68. The third-order valence-corrected chi connectivity index (χ3v) is 4.28. The molecule has 3 N–H and O–H groups in total. The van der Waals surface area contributed by atoms with Gasteiger partial charge in [-0.25, -0.2) is 4.98 Å². The van der Waals surface area contributed by atoms with Crippen LogP contribution in [0.2, 0.25) is 0 Å². The Morgan fingerprint density at radius 3 is 2.67 bits per heavy atom. The second-order valence-electron chi connectivity index (χ2n) is 5.68. The van der Waals surface area contributed by atoms with Crippen molar-refractivity contribution in [2.24, 2.45) is 11.7 Å². The van der Waals surface area contributed by atoms with E-state index >= 15 is 0 Å². The predicted octanol–water partition coefficient (Wildman–Crippen LogP) is 2.38. The fraction of sp³-hybridized carbons (Fsp3) is 0.625. The van der Waals surface area contributed by atoms with Gasteiger partial charge >= 0.3 is 0 Å². The van der Waals surface area contributed by atoms with Crippen LogP contribution in [0.3, 0.4) is 0 Å². The molecule has 1 saturated carbocycles. The summed E-state index contributed by atoms with van der Waals surface area (Å²) < 4.78 is 0. The van der Waals surface area contributed by atoms with Crippen molar-refractivity contribution in [2.75, 3.05) is 23.3 Å². The first-order valence-electron chi connectivity index (χ1n) is 7.90. The Balaban J connectivity index is 1.89. The van der Waals surface area contributed by atoms with E-state index in [0.717, 1.165) is 43.9 Å². The normalized spacial score (nSPS) is 21.3. The number of nitrogens with one attached hydrogen (secondary N) is 1. The fourth-order valence-electron chi connectivity index (χ4n) is 2.96. The molecule has 0 radical (unpaired) electrons. The van der Waals surface area contributed by atoms with Gasteiger partial charge in [0.15, 0.2) is 0 Å². The van der Waals surface area contributed by atoms with Crippen molar-refractivity contribution in [3.05, 3.63) is 18.3 Å². The molecular weight excluding hydrogens is 264 g/mol. The van der Waals surface area contributed by atoms with E-state index in [4.69, 9.17) is 5.73 Å². The van der Waals surface area contributed by atoms with Crippen molar-refractivity contribution in [3.8, 4) is 0 Å². The quantitative estimate of drug-likeness (QED) is 0.844. The monoisotopic (exact) mass is 290 g/mol. The average molecular weight is 290 g/mol. The number of nitrogens with two attached hydrogens (primary N) is 1. The zero-order valence-electron chi connectivity index (χ0n) is 13.0. The van der Waals surface area contributed by atoms with Gasteiger partial charge in [-0.05, 0) is 44.7 Å². The highest BCUT2D eigenvalue weighted by Crippen LogP contribution is 2.27. The fourth-order valence-corrected chi connectivity index (χ4v) is 2.96. The van der Waals surface area contributed by atoms with Gasteiger partial charge in [0, 0.05) is 25.6 Å². The lowest BCUT2D eigenvalue weighted by atomic mass is 10.00. The summed E-state index contributed by atoms with van der Waals surface area (Å²) in [6.07, 6.45) is 5.48. The van der Waals surface area contributed by atoms with Crippen LogP contribution >= 0.6 is 0 Å². The van der Waals surface area contributed by atoms with Crippen molar-refractivity contribution in [2.45, 2.75) is 45.6 Å². The standard InChI is InChI=1S/C16H26N4O/c1-3-20(4-2)15-9-8-13(11-18-15)19-16(21)10-12-6-5-7-14(12)17/h8-9,11-12,14H,3-7,10,17H2,1-2H3,(H,19,21)/t12-,14+/m0/s1. The van der Waals surface area contributed by atoms with Gasteiger partial charge in [0.2, 0.25) is 5.91 Å². The second kappa shape index (κ2) is 7.41. The topological polar surface area (TPSA) is 71.2 Å². The van der Waals surface area contributed by atoms with Gasteiger partial charge in [-0.1, -0.05) is 6.42 Å². The number of pyridine rings is 1. The van der Waals surface area contributed by atoms with E-state index in [0.29, 0.717) is 12.3 Å². The Bertz CT molecular complexity index is 456. The van der Waals surface area contributed by atoms with E-state index < -0.39 is 0 Å². The summed E-state index contributed by atoms with van der Waals surface area (Å²) in [7, 11) is 0. The number of rotatable bonds is 6. The first-order valence-corrected chi connectivity index (χ1v) is 7.90. The molecule has 5 heteroatoms. The zero-order chi connectivity index (χ0) is 15.2. The molecule has 0 aliphatic heterocycles. The molecule has 1 aromatic rings. The number of nitrogens with zero attached hydrogens (tertiary/aromatic N) is 2. The number of hydrogen-bond acceptors (Lipinski definition) is 4. The number of amides is 1. The molecule has 0 aromatic carbocycles. The Morgan fingerprint density at radius 1 is 1.38 bits per heavy atom. The minimum Gasteiger partial charge on any atom is -0.357 e. The first kappa shape index (κ1) is 15.8. The van der Waals surface area contributed by atoms with Crippen molar-refractivity contribution >= 4 is 17.4 Å². The molecule has 21 heavy (non-hydrogen) atoms. The Labute approximate surface area is 126 Å². The van der Waals surface area contributed by atoms with Crippen LogP contribution in [0.15, 0.2) is 18.3 Å². The van der Waals surface area contributed by atoms with E-state index in [2.05, 4.69) is 29.0 Å². The summed E-state index contributed by atoms with van der Waals surface area (Å²) in [5.41, 5.74) is 6.76. The van der Waals surface area contributed by atoms with Crippen LogP contribution in [-0.2, 0) is 4.79 Å². The van der Waals surface area contributed by atoms with E-state index in [-0.39, 0.29) is 11.9 Å². The molecule has 1 aliphatic carbocycles. The lowest BCUT2D eigenvalue weighted by molar-refractivity contribution is -0.117. The number of carbonyl (C=O) groups excluding carboxylic acids is 1. The maximum absolute atomic E-state index is 12.0. The zero-order valence-corrected chi connectivity index (χ0v) is 13.0. The highest BCUT2D eigenvalue weighted by atomic mass is 16.1. The lowest BCUT2D eigenvalue weighted by Gasteiger charge is -2.20. The van der Waals surface area contributed by atoms with Gasteiger partial charge in [0.25, 0.3) is 0 Å². The van der Waals surface area contributed by atoms with Crippen LogP contribution in [0.5, 0.6) is 0 Å². The smallest absolute Gasteiger partial charge is 0.224 e. The summed E-state index contributed by atoms with van der Waals surface area (Å²) in [6, 6.07) is 4.04. The molecule has 0 unspecified atom stereocenters. The minimum absolute atomic E-state index is 0.0368. The molecular formula is C16H26N4O. The molecule has 1 heterocycles. The summed E-state index contributed by atoms with van der Waals surface area (Å²) in [5, 5.41) is 2.92. The van der Waals surface area contributed by atoms with Crippen LogP contribution in [-0.4, -0.2) is 30.0 Å². The summed E-state index contributed by atoms with van der Waals surface area (Å²) >= 11 is 0. The molecule has 1 fully saturated rings. The largest absolute Gasteiger partial charge is 0.357 e. The average Bonchev–Trinajstić information content (AvgIpc) is 2.87. The summed E-state index contributed by atoms with van der Waals surface area (Å²) in [4.78, 5) is 18.6. The molecule has 1 aromatic heterocycles. The van der Waals surface area contributed by atoms with Crippen molar-refractivity contribution in [1.29, 1.82) is 0 Å². The molecule has 5 nitrogen and oxygen atoms in total. The maximum atomic E-state index is 12.0. The van der Waals surface area contributed by atoms with Crippen molar-refractivity contribution in [3.63, 3.8) is 0 Å². The molecule has 0 spiro atoms. The third-order valence-electron chi connectivity index (χ3n) is 4.28. The minimum atomic E-state index is 0.0368. The van der Waals surface area contributed by atoms with Crippen LogP contribution in [0.1, 0.15) is 39.5 Å². The molecule has 0 saturated heterocycles. The van der Waals surface area contributed by atoms with Gasteiger partial charge < -0.3 is 16.0 Å². The van der Waals surface area contributed by atoms with E-state index in [1.165, 1.54) is 0 Å². The Morgan fingerprint density at radius 2 is 2.14 bits per heavy atom. The Hall–Kier alpha value is -1.62. The number of hydrogen-bond donors (Lipinski definition) is 2. The SMILES string of the molecule is CCN(CC)c1ccc(NC(=O)C[C@@H]2CCC[C@H]2N)cn1. The van der Waals surface area contributed by atoms with Crippen LogP contribution in [0.25, 0.3) is 0 Å². The van der Waals surface area contributed by atoms with Crippen molar-refractivity contribution in [1.82, 2.24) is 4.98 Å². The molecule has 116 valence electrons. The summed E-state index contributed by atoms with van der Waals surface area (Å²) in [5.74, 6) is 1.30. The van der Waals surface area contributed by atoms with Gasteiger partial charge in [-0.3, -0.25) is 4.79 Å². The van der Waals surface area contributed by atoms with E-state index in [1.54, 1.807) is 6.20 Å². The van der Waals surface area contributed by atoms with E-state index in [9.17, 15) is 4.79 Å². The molecule has 2 rings (SSSR count).